The molecule has 102 valence electrons. The van der Waals surface area contributed by atoms with Crippen molar-refractivity contribution in [3.8, 4) is 17.6 Å². The number of ether oxygens (including phenoxy) is 3. The molecule has 1 rings (SSSR count). The molecule has 1 aromatic rings. The molecule has 5 nitrogen and oxygen atoms in total. The van der Waals surface area contributed by atoms with Gasteiger partial charge in [-0.3, -0.25) is 0 Å². The van der Waals surface area contributed by atoms with Gasteiger partial charge in [0.1, 0.15) is 23.1 Å². The highest BCUT2D eigenvalue weighted by atomic mass is 19.3. The van der Waals surface area contributed by atoms with E-state index in [-0.39, 0.29) is 23.5 Å². The number of carbonyl (C=O) groups is 1. The van der Waals surface area contributed by atoms with Crippen molar-refractivity contribution in [2.75, 3.05) is 13.7 Å². The molecule has 0 aliphatic carbocycles. The average molecular weight is 271 g/mol. The van der Waals surface area contributed by atoms with E-state index in [1.807, 2.05) is 0 Å². The van der Waals surface area contributed by atoms with E-state index in [1.54, 1.807) is 13.0 Å². The Morgan fingerprint density at radius 1 is 1.42 bits per heavy atom. The number of methoxy groups -OCH3 is 1. The van der Waals surface area contributed by atoms with E-state index >= 15 is 0 Å². The third-order valence-corrected chi connectivity index (χ3v) is 2.13. The average Bonchev–Trinajstić information content (AvgIpc) is 2.37. The van der Waals surface area contributed by atoms with E-state index in [2.05, 4.69) is 4.74 Å². The maximum Gasteiger partial charge on any atom is 0.387 e. The van der Waals surface area contributed by atoms with Gasteiger partial charge in [0, 0.05) is 6.07 Å². The van der Waals surface area contributed by atoms with Gasteiger partial charge in [-0.1, -0.05) is 0 Å². The lowest BCUT2D eigenvalue weighted by Crippen LogP contribution is -2.11. The summed E-state index contributed by atoms with van der Waals surface area (Å²) in [6, 6.07) is 3.90. The number of benzene rings is 1. The van der Waals surface area contributed by atoms with Crippen LogP contribution in [0.1, 0.15) is 22.8 Å². The van der Waals surface area contributed by atoms with Crippen LogP contribution in [0, 0.1) is 11.3 Å². The van der Waals surface area contributed by atoms with Crippen LogP contribution in [0.5, 0.6) is 11.5 Å². The molecule has 0 aromatic heterocycles. The number of rotatable bonds is 5. The SMILES string of the molecule is CCOC(=O)c1cc(OC)c(C#N)cc1OC(F)F. The monoisotopic (exact) mass is 271 g/mol. The van der Waals surface area contributed by atoms with Crippen LogP contribution in [-0.2, 0) is 4.74 Å². The minimum absolute atomic E-state index is 0.0220. The smallest absolute Gasteiger partial charge is 0.387 e. The zero-order valence-electron chi connectivity index (χ0n) is 10.3. The Kier molecular flexibility index (Phi) is 5.06. The van der Waals surface area contributed by atoms with Crippen LogP contribution in [0.2, 0.25) is 0 Å². The normalized spacial score (nSPS) is 9.89. The van der Waals surface area contributed by atoms with Crippen molar-refractivity contribution in [1.82, 2.24) is 0 Å². The number of carbonyl (C=O) groups excluding carboxylic acids is 1. The molecule has 0 spiro atoms. The number of alkyl halides is 2. The third-order valence-electron chi connectivity index (χ3n) is 2.13. The predicted octanol–water partition coefficient (Wildman–Crippen LogP) is 2.34. The van der Waals surface area contributed by atoms with E-state index in [4.69, 9.17) is 14.7 Å². The molecule has 19 heavy (non-hydrogen) atoms. The molecular weight excluding hydrogens is 260 g/mol. The molecule has 7 heteroatoms. The minimum Gasteiger partial charge on any atom is -0.495 e. The van der Waals surface area contributed by atoms with Gasteiger partial charge in [0.15, 0.2) is 0 Å². The molecule has 0 unspecified atom stereocenters. The maximum absolute atomic E-state index is 12.3. The van der Waals surface area contributed by atoms with E-state index < -0.39 is 18.3 Å². The van der Waals surface area contributed by atoms with Gasteiger partial charge in [-0.05, 0) is 13.0 Å². The topological polar surface area (TPSA) is 68.5 Å². The first-order chi connectivity index (χ1) is 9.03. The Hall–Kier alpha value is -2.36. The van der Waals surface area contributed by atoms with Gasteiger partial charge < -0.3 is 14.2 Å². The Morgan fingerprint density at radius 3 is 2.58 bits per heavy atom. The fourth-order valence-electron chi connectivity index (χ4n) is 1.38. The molecule has 0 fully saturated rings. The number of esters is 1. The fraction of sp³-hybridized carbons (Fsp3) is 0.333. The lowest BCUT2D eigenvalue weighted by Gasteiger charge is -2.12. The van der Waals surface area contributed by atoms with Gasteiger partial charge in [0.2, 0.25) is 0 Å². The summed E-state index contributed by atoms with van der Waals surface area (Å²) >= 11 is 0. The molecular formula is C12H11F2NO4. The van der Waals surface area contributed by atoms with Crippen LogP contribution in [0.4, 0.5) is 8.78 Å². The van der Waals surface area contributed by atoms with Crippen LogP contribution in [0.25, 0.3) is 0 Å². The van der Waals surface area contributed by atoms with Gasteiger partial charge in [-0.15, -0.1) is 0 Å². The Bertz CT molecular complexity index is 511. The first-order valence-corrected chi connectivity index (χ1v) is 5.27. The standard InChI is InChI=1S/C12H11F2NO4/c1-3-18-11(16)8-5-9(17-2)7(6-15)4-10(8)19-12(13)14/h4-5,12H,3H2,1-2H3. The van der Waals surface area contributed by atoms with Crippen LogP contribution < -0.4 is 9.47 Å². The van der Waals surface area contributed by atoms with Crippen molar-refractivity contribution in [3.63, 3.8) is 0 Å². The van der Waals surface area contributed by atoms with E-state index in [1.165, 1.54) is 7.11 Å². The Balaban J connectivity index is 3.32. The predicted molar refractivity (Wildman–Crippen MR) is 60.3 cm³/mol. The molecule has 0 saturated carbocycles. The summed E-state index contributed by atoms with van der Waals surface area (Å²) < 4.78 is 38.4. The van der Waals surface area contributed by atoms with Crippen LogP contribution in [-0.4, -0.2) is 26.3 Å². The second-order valence-corrected chi connectivity index (χ2v) is 3.26. The van der Waals surface area contributed by atoms with Crippen molar-refractivity contribution in [2.24, 2.45) is 0 Å². The summed E-state index contributed by atoms with van der Waals surface area (Å²) in [5.41, 5.74) is -0.246. The molecule has 0 N–H and O–H groups in total. The van der Waals surface area contributed by atoms with E-state index in [0.717, 1.165) is 12.1 Å². The second kappa shape index (κ2) is 6.54. The molecule has 0 heterocycles. The summed E-state index contributed by atoms with van der Waals surface area (Å²) in [6.07, 6.45) is 0. The quantitative estimate of drug-likeness (QED) is 0.769. The van der Waals surface area contributed by atoms with E-state index in [9.17, 15) is 13.6 Å². The van der Waals surface area contributed by atoms with Crippen LogP contribution >= 0.6 is 0 Å². The van der Waals surface area contributed by atoms with Crippen molar-refractivity contribution in [1.29, 1.82) is 5.26 Å². The molecule has 1 aromatic carbocycles. The summed E-state index contributed by atoms with van der Waals surface area (Å²) in [6.45, 7) is -1.46. The highest BCUT2D eigenvalue weighted by Gasteiger charge is 2.20. The lowest BCUT2D eigenvalue weighted by atomic mass is 10.1. The van der Waals surface area contributed by atoms with Crippen LogP contribution in [0.3, 0.4) is 0 Å². The molecule has 0 radical (unpaired) electrons. The molecule has 0 aliphatic heterocycles. The number of nitriles is 1. The summed E-state index contributed by atoms with van der Waals surface area (Å²) in [5.74, 6) is -1.18. The van der Waals surface area contributed by atoms with Gasteiger partial charge in [0.05, 0.1) is 19.3 Å². The number of hydrogen-bond acceptors (Lipinski definition) is 5. The Morgan fingerprint density at radius 2 is 2.11 bits per heavy atom. The lowest BCUT2D eigenvalue weighted by molar-refractivity contribution is -0.0504. The summed E-state index contributed by atoms with van der Waals surface area (Å²) in [4.78, 5) is 11.6. The molecule has 0 bridgehead atoms. The third kappa shape index (κ3) is 3.55. The maximum atomic E-state index is 12.3. The molecule has 0 amide bonds. The van der Waals surface area contributed by atoms with Gasteiger partial charge in [-0.25, -0.2) is 4.79 Å². The molecule has 0 aliphatic rings. The summed E-state index contributed by atoms with van der Waals surface area (Å²) in [7, 11) is 1.29. The fourth-order valence-corrected chi connectivity index (χ4v) is 1.38. The van der Waals surface area contributed by atoms with Crippen molar-refractivity contribution in [3.05, 3.63) is 23.3 Å². The highest BCUT2D eigenvalue weighted by molar-refractivity contribution is 5.93. The first kappa shape index (κ1) is 14.7. The van der Waals surface area contributed by atoms with Crippen molar-refractivity contribution >= 4 is 5.97 Å². The first-order valence-electron chi connectivity index (χ1n) is 5.27. The zero-order chi connectivity index (χ0) is 14.4. The van der Waals surface area contributed by atoms with E-state index in [0.29, 0.717) is 0 Å². The van der Waals surface area contributed by atoms with Crippen molar-refractivity contribution < 1.29 is 27.8 Å². The summed E-state index contributed by atoms with van der Waals surface area (Å²) in [5, 5.41) is 8.85. The second-order valence-electron chi connectivity index (χ2n) is 3.26. The Labute approximate surface area is 108 Å². The number of nitrogens with zero attached hydrogens (tertiary/aromatic N) is 1. The highest BCUT2D eigenvalue weighted by Crippen LogP contribution is 2.30. The largest absolute Gasteiger partial charge is 0.495 e. The molecule has 0 saturated heterocycles. The van der Waals surface area contributed by atoms with Gasteiger partial charge >= 0.3 is 12.6 Å². The number of hydrogen-bond donors (Lipinski definition) is 0. The van der Waals surface area contributed by atoms with Gasteiger partial charge in [-0.2, -0.15) is 14.0 Å². The van der Waals surface area contributed by atoms with Gasteiger partial charge in [0.25, 0.3) is 0 Å². The zero-order valence-corrected chi connectivity index (χ0v) is 10.3. The van der Waals surface area contributed by atoms with Crippen LogP contribution in [0.15, 0.2) is 12.1 Å². The number of halogens is 2. The molecule has 0 atom stereocenters. The van der Waals surface area contributed by atoms with Crippen molar-refractivity contribution in [2.45, 2.75) is 13.5 Å². The minimum atomic E-state index is -3.12.